The molecule has 3 rings (SSSR count). The predicted octanol–water partition coefficient (Wildman–Crippen LogP) is 1.98. The molecule has 0 bridgehead atoms. The van der Waals surface area contributed by atoms with Crippen molar-refractivity contribution in [1.82, 2.24) is 5.32 Å². The average Bonchev–Trinajstić information content (AvgIpc) is 2.76. The Morgan fingerprint density at radius 2 is 1.96 bits per heavy atom. The maximum atomic E-state index is 13.4. The van der Waals surface area contributed by atoms with E-state index >= 15 is 0 Å². The monoisotopic (exact) mass is 364 g/mol. The van der Waals surface area contributed by atoms with Gasteiger partial charge in [-0.3, -0.25) is 4.31 Å². The molecule has 0 spiro atoms. The summed E-state index contributed by atoms with van der Waals surface area (Å²) in [5.41, 5.74) is 1.43. The van der Waals surface area contributed by atoms with Crippen LogP contribution >= 0.6 is 0 Å². The number of ether oxygens (including phenoxy) is 1. The Labute approximate surface area is 146 Å². The van der Waals surface area contributed by atoms with Gasteiger partial charge in [0.2, 0.25) is 0 Å². The van der Waals surface area contributed by atoms with Gasteiger partial charge in [-0.25, -0.2) is 13.2 Å². The fourth-order valence-corrected chi connectivity index (χ4v) is 4.98. The number of benzene rings is 1. The highest BCUT2D eigenvalue weighted by Crippen LogP contribution is 2.34. The Kier molecular flexibility index (Phi) is 4.57. The van der Waals surface area contributed by atoms with Crippen LogP contribution in [0.5, 0.6) is 0 Å². The molecule has 0 fully saturated rings. The number of hydrogen-bond acceptors (Lipinski definition) is 6. The number of aryl methyl sites for hydroxylation is 2. The second-order valence-electron chi connectivity index (χ2n) is 5.79. The molecule has 1 aromatic heterocycles. The van der Waals surface area contributed by atoms with Crippen LogP contribution in [0.15, 0.2) is 33.6 Å². The number of hydrogen-bond donors (Lipinski definition) is 1. The second kappa shape index (κ2) is 6.53. The predicted molar refractivity (Wildman–Crippen MR) is 92.2 cm³/mol. The lowest BCUT2D eigenvalue weighted by Gasteiger charge is -2.24. The van der Waals surface area contributed by atoms with Gasteiger partial charge in [0, 0.05) is 19.6 Å². The average molecular weight is 364 g/mol. The molecule has 134 valence electrons. The fraction of sp³-hybridized carbons (Fsp3) is 0.353. The quantitative estimate of drug-likeness (QED) is 0.838. The van der Waals surface area contributed by atoms with Crippen LogP contribution < -0.4 is 9.62 Å². The maximum absolute atomic E-state index is 13.4. The largest absolute Gasteiger partial charge is 0.465 e. The third kappa shape index (κ3) is 2.91. The lowest BCUT2D eigenvalue weighted by molar-refractivity contribution is 0.0595. The first-order valence-corrected chi connectivity index (χ1v) is 9.31. The van der Waals surface area contributed by atoms with Crippen LogP contribution in [0, 0.1) is 13.8 Å². The first-order valence-electron chi connectivity index (χ1n) is 7.87. The van der Waals surface area contributed by atoms with Gasteiger partial charge in [-0.2, -0.15) is 0 Å². The molecule has 7 nitrogen and oxygen atoms in total. The number of methoxy groups -OCH3 is 1. The summed E-state index contributed by atoms with van der Waals surface area (Å²) in [7, 11) is -2.78. The van der Waals surface area contributed by atoms with Crippen molar-refractivity contribution >= 4 is 21.7 Å². The third-order valence-corrected chi connectivity index (χ3v) is 6.18. The zero-order valence-electron chi connectivity index (χ0n) is 14.3. The first kappa shape index (κ1) is 17.5. The number of rotatable bonds is 3. The number of para-hydroxylation sites is 1. The Balaban J connectivity index is 2.20. The number of sulfonamides is 1. The number of furan rings is 1. The fourth-order valence-electron chi connectivity index (χ4n) is 3.10. The van der Waals surface area contributed by atoms with Crippen LogP contribution in [0.4, 0.5) is 5.69 Å². The Morgan fingerprint density at radius 1 is 1.24 bits per heavy atom. The van der Waals surface area contributed by atoms with Gasteiger partial charge >= 0.3 is 5.97 Å². The molecule has 0 saturated heterocycles. The lowest BCUT2D eigenvalue weighted by atomic mass is 10.2. The van der Waals surface area contributed by atoms with E-state index in [1.807, 2.05) is 12.1 Å². The summed E-state index contributed by atoms with van der Waals surface area (Å²) < 4.78 is 38.3. The molecule has 2 heterocycles. The Hall–Kier alpha value is -2.32. The normalized spacial score (nSPS) is 14.8. The van der Waals surface area contributed by atoms with Crippen molar-refractivity contribution < 1.29 is 22.4 Å². The third-order valence-electron chi connectivity index (χ3n) is 4.21. The van der Waals surface area contributed by atoms with Crippen molar-refractivity contribution in [3.05, 3.63) is 46.9 Å². The van der Waals surface area contributed by atoms with Crippen molar-refractivity contribution in [3.8, 4) is 0 Å². The summed E-state index contributed by atoms with van der Waals surface area (Å²) in [4.78, 5) is 12.0. The van der Waals surface area contributed by atoms with Crippen molar-refractivity contribution in [2.24, 2.45) is 0 Å². The van der Waals surface area contributed by atoms with Crippen molar-refractivity contribution in [2.75, 3.05) is 24.5 Å². The van der Waals surface area contributed by atoms with Crippen molar-refractivity contribution in [3.63, 3.8) is 0 Å². The molecule has 0 aliphatic carbocycles. The molecule has 0 amide bonds. The summed E-state index contributed by atoms with van der Waals surface area (Å²) in [6.45, 7) is 4.42. The van der Waals surface area contributed by atoms with Crippen LogP contribution in [-0.2, 0) is 21.3 Å². The van der Waals surface area contributed by atoms with E-state index in [1.54, 1.807) is 19.1 Å². The van der Waals surface area contributed by atoms with Gasteiger partial charge in [-0.15, -0.1) is 0 Å². The van der Waals surface area contributed by atoms with Crippen LogP contribution in [0.1, 0.15) is 27.4 Å². The molecule has 25 heavy (non-hydrogen) atoms. The molecule has 0 radical (unpaired) electrons. The number of nitrogens with zero attached hydrogens (tertiary/aromatic N) is 1. The molecule has 2 aromatic rings. The van der Waals surface area contributed by atoms with Crippen LogP contribution in [0.2, 0.25) is 0 Å². The molecular formula is C17H20N2O5S. The summed E-state index contributed by atoms with van der Waals surface area (Å²) >= 11 is 0. The van der Waals surface area contributed by atoms with Gasteiger partial charge in [0.15, 0.2) is 0 Å². The van der Waals surface area contributed by atoms with Crippen LogP contribution in [-0.4, -0.2) is 34.6 Å². The van der Waals surface area contributed by atoms with Gasteiger partial charge in [-0.1, -0.05) is 18.2 Å². The Morgan fingerprint density at radius 3 is 2.68 bits per heavy atom. The van der Waals surface area contributed by atoms with Gasteiger partial charge in [0.05, 0.1) is 12.8 Å². The van der Waals surface area contributed by atoms with Gasteiger partial charge in [-0.05, 0) is 25.5 Å². The van der Waals surface area contributed by atoms with Gasteiger partial charge in [0.1, 0.15) is 22.0 Å². The summed E-state index contributed by atoms with van der Waals surface area (Å²) in [5, 5.41) is 3.20. The van der Waals surface area contributed by atoms with E-state index in [4.69, 9.17) is 9.15 Å². The topological polar surface area (TPSA) is 88.8 Å². The van der Waals surface area contributed by atoms with E-state index in [0.717, 1.165) is 5.56 Å². The van der Waals surface area contributed by atoms with Crippen LogP contribution in [0.3, 0.4) is 0 Å². The van der Waals surface area contributed by atoms with E-state index in [0.29, 0.717) is 18.8 Å². The molecule has 1 N–H and O–H groups in total. The standard InChI is InChI=1S/C17H20N2O5S/c1-11-15(17(20)23-3)16(12(2)24-11)25(21,22)19-9-8-18-10-13-6-4-5-7-14(13)19/h4-7,18H,8-10H2,1-3H3. The number of nitrogens with one attached hydrogen (secondary N) is 1. The highest BCUT2D eigenvalue weighted by molar-refractivity contribution is 7.93. The van der Waals surface area contributed by atoms with Crippen molar-refractivity contribution in [1.29, 1.82) is 0 Å². The highest BCUT2D eigenvalue weighted by atomic mass is 32.2. The molecule has 0 unspecified atom stereocenters. The minimum absolute atomic E-state index is 0.0466. The van der Waals surface area contributed by atoms with Crippen molar-refractivity contribution in [2.45, 2.75) is 25.3 Å². The van der Waals surface area contributed by atoms with Crippen LogP contribution in [0.25, 0.3) is 0 Å². The SMILES string of the molecule is COC(=O)c1c(C)oc(C)c1S(=O)(=O)N1CCNCc2ccccc21. The minimum atomic E-state index is -4.00. The summed E-state index contributed by atoms with van der Waals surface area (Å²) in [6.07, 6.45) is 0. The Bertz CT molecular complexity index is 917. The molecule has 1 aromatic carbocycles. The molecule has 1 aliphatic rings. The van der Waals surface area contributed by atoms with E-state index in [9.17, 15) is 13.2 Å². The lowest BCUT2D eigenvalue weighted by Crippen LogP contribution is -2.35. The molecule has 8 heteroatoms. The number of anilines is 1. The zero-order valence-corrected chi connectivity index (χ0v) is 15.1. The zero-order chi connectivity index (χ0) is 18.2. The summed E-state index contributed by atoms with van der Waals surface area (Å²) in [5.74, 6) is -0.328. The second-order valence-corrected chi connectivity index (χ2v) is 7.59. The van der Waals surface area contributed by atoms with E-state index in [2.05, 4.69) is 5.32 Å². The van der Waals surface area contributed by atoms with E-state index in [-0.39, 0.29) is 28.5 Å². The maximum Gasteiger partial charge on any atom is 0.342 e. The summed E-state index contributed by atoms with van der Waals surface area (Å²) in [6, 6.07) is 7.30. The minimum Gasteiger partial charge on any atom is -0.465 e. The smallest absolute Gasteiger partial charge is 0.342 e. The molecule has 0 atom stereocenters. The highest BCUT2D eigenvalue weighted by Gasteiger charge is 2.37. The number of esters is 1. The number of carbonyl (C=O) groups excluding carboxylic acids is 1. The molecule has 0 saturated carbocycles. The number of carbonyl (C=O) groups is 1. The first-order chi connectivity index (χ1) is 11.9. The van der Waals surface area contributed by atoms with Gasteiger partial charge in [0.25, 0.3) is 10.0 Å². The van der Waals surface area contributed by atoms with E-state index < -0.39 is 16.0 Å². The molecule has 1 aliphatic heterocycles. The molecular weight excluding hydrogens is 344 g/mol. The number of fused-ring (bicyclic) bond motifs is 1. The van der Waals surface area contributed by atoms with Gasteiger partial charge < -0.3 is 14.5 Å². The van der Waals surface area contributed by atoms with E-state index in [1.165, 1.54) is 18.3 Å².